The van der Waals surface area contributed by atoms with Gasteiger partial charge in [-0.05, 0) is 36.4 Å². The quantitative estimate of drug-likeness (QED) is 0.853. The normalized spacial score (nSPS) is 16.2. The number of halogens is 1. The second-order valence-corrected chi connectivity index (χ2v) is 6.97. The molecule has 3 rings (SSSR count). The number of anilines is 1. The third-order valence-corrected chi connectivity index (χ3v) is 5.03. The summed E-state index contributed by atoms with van der Waals surface area (Å²) in [6.45, 7) is 5.30. The Morgan fingerprint density at radius 2 is 1.76 bits per heavy atom. The predicted octanol–water partition coefficient (Wildman–Crippen LogP) is 3.73. The average molecular weight is 323 g/mol. The van der Waals surface area contributed by atoms with Gasteiger partial charge in [-0.2, -0.15) is 0 Å². The van der Waals surface area contributed by atoms with Crippen molar-refractivity contribution in [2.45, 2.75) is 6.54 Å². The minimum absolute atomic E-state index is 0.877. The lowest BCUT2D eigenvalue weighted by Crippen LogP contribution is -2.45. The SMILES string of the molecule is COc1ccc(N2CCN(Cc3ccc(Cl)s3)CC2)cc1. The van der Waals surface area contributed by atoms with Crippen LogP contribution in [0.1, 0.15) is 4.88 Å². The lowest BCUT2D eigenvalue weighted by molar-refractivity contribution is 0.252. The van der Waals surface area contributed by atoms with Gasteiger partial charge in [-0.25, -0.2) is 0 Å². The highest BCUT2D eigenvalue weighted by atomic mass is 35.5. The molecule has 1 aromatic carbocycles. The molecule has 2 aromatic rings. The number of hydrogen-bond acceptors (Lipinski definition) is 4. The molecule has 2 heterocycles. The number of ether oxygens (including phenoxy) is 1. The molecule has 3 nitrogen and oxygen atoms in total. The first-order chi connectivity index (χ1) is 10.2. The molecule has 0 N–H and O–H groups in total. The molecule has 0 atom stereocenters. The summed E-state index contributed by atoms with van der Waals surface area (Å²) >= 11 is 7.67. The van der Waals surface area contributed by atoms with E-state index >= 15 is 0 Å². The van der Waals surface area contributed by atoms with Gasteiger partial charge in [0, 0.05) is 43.3 Å². The molecule has 1 fully saturated rings. The molecule has 21 heavy (non-hydrogen) atoms. The van der Waals surface area contributed by atoms with Crippen molar-refractivity contribution in [1.29, 1.82) is 0 Å². The Morgan fingerprint density at radius 1 is 1.05 bits per heavy atom. The number of methoxy groups -OCH3 is 1. The maximum absolute atomic E-state index is 5.99. The van der Waals surface area contributed by atoms with Crippen LogP contribution in [0.3, 0.4) is 0 Å². The number of piperazine rings is 1. The van der Waals surface area contributed by atoms with Crippen LogP contribution in [0.15, 0.2) is 36.4 Å². The molecule has 0 unspecified atom stereocenters. The number of benzene rings is 1. The largest absolute Gasteiger partial charge is 0.497 e. The highest BCUT2D eigenvalue weighted by molar-refractivity contribution is 7.16. The third kappa shape index (κ3) is 3.70. The smallest absolute Gasteiger partial charge is 0.119 e. The Hall–Kier alpha value is -1.23. The Morgan fingerprint density at radius 3 is 2.33 bits per heavy atom. The van der Waals surface area contributed by atoms with Crippen molar-refractivity contribution in [3.05, 3.63) is 45.6 Å². The fourth-order valence-corrected chi connectivity index (χ4v) is 3.74. The highest BCUT2D eigenvalue weighted by Gasteiger charge is 2.17. The Bertz CT molecular complexity index is 576. The zero-order valence-corrected chi connectivity index (χ0v) is 13.7. The van der Waals surface area contributed by atoms with Crippen molar-refractivity contribution in [3.63, 3.8) is 0 Å². The predicted molar refractivity (Wildman–Crippen MR) is 89.8 cm³/mol. The standard InChI is InChI=1S/C16H19ClN2OS/c1-20-14-4-2-13(3-5-14)19-10-8-18(9-11-19)12-15-6-7-16(17)21-15/h2-7H,8-12H2,1H3. The van der Waals surface area contributed by atoms with E-state index in [1.807, 2.05) is 18.2 Å². The molecule has 0 saturated carbocycles. The zero-order chi connectivity index (χ0) is 14.7. The molecule has 5 heteroatoms. The van der Waals surface area contributed by atoms with Crippen molar-refractivity contribution in [3.8, 4) is 5.75 Å². The fraction of sp³-hybridized carbons (Fsp3) is 0.375. The minimum Gasteiger partial charge on any atom is -0.497 e. The van der Waals surface area contributed by atoms with E-state index in [2.05, 4.69) is 28.0 Å². The number of thiophene rings is 1. The fourth-order valence-electron chi connectivity index (χ4n) is 2.61. The summed E-state index contributed by atoms with van der Waals surface area (Å²) in [5, 5.41) is 0. The third-order valence-electron chi connectivity index (χ3n) is 3.82. The van der Waals surface area contributed by atoms with Gasteiger partial charge in [0.15, 0.2) is 0 Å². The van der Waals surface area contributed by atoms with Gasteiger partial charge in [-0.3, -0.25) is 4.90 Å². The second-order valence-electron chi connectivity index (χ2n) is 5.17. The topological polar surface area (TPSA) is 15.7 Å². The zero-order valence-electron chi connectivity index (χ0n) is 12.1. The maximum atomic E-state index is 5.99. The van der Waals surface area contributed by atoms with Gasteiger partial charge >= 0.3 is 0 Å². The second kappa shape index (κ2) is 6.69. The van der Waals surface area contributed by atoms with E-state index in [0.717, 1.165) is 42.8 Å². The van der Waals surface area contributed by atoms with Crippen molar-refractivity contribution in [2.24, 2.45) is 0 Å². The number of nitrogens with zero attached hydrogens (tertiary/aromatic N) is 2. The monoisotopic (exact) mass is 322 g/mol. The molecule has 112 valence electrons. The van der Waals surface area contributed by atoms with E-state index in [1.165, 1.54) is 10.6 Å². The summed E-state index contributed by atoms with van der Waals surface area (Å²) in [7, 11) is 1.70. The molecule has 1 aromatic heterocycles. The first kappa shape index (κ1) is 14.7. The Kier molecular flexibility index (Phi) is 4.68. The van der Waals surface area contributed by atoms with Gasteiger partial charge in [-0.15, -0.1) is 11.3 Å². The van der Waals surface area contributed by atoms with Crippen LogP contribution in [-0.2, 0) is 6.54 Å². The molecule has 0 bridgehead atoms. The molecule has 0 aliphatic carbocycles. The van der Waals surface area contributed by atoms with Crippen LogP contribution in [0.2, 0.25) is 4.34 Å². The summed E-state index contributed by atoms with van der Waals surface area (Å²) in [5.41, 5.74) is 1.27. The number of rotatable bonds is 4. The van der Waals surface area contributed by atoms with Crippen LogP contribution in [0.25, 0.3) is 0 Å². The van der Waals surface area contributed by atoms with Crippen molar-refractivity contribution in [1.82, 2.24) is 4.90 Å². The van der Waals surface area contributed by atoms with E-state index in [-0.39, 0.29) is 0 Å². The van der Waals surface area contributed by atoms with Gasteiger partial charge in [0.25, 0.3) is 0 Å². The summed E-state index contributed by atoms with van der Waals surface area (Å²) < 4.78 is 6.08. The van der Waals surface area contributed by atoms with Crippen LogP contribution >= 0.6 is 22.9 Å². The summed E-state index contributed by atoms with van der Waals surface area (Å²) in [6, 6.07) is 12.4. The molecule has 1 aliphatic heterocycles. The van der Waals surface area contributed by atoms with Crippen LogP contribution in [0.5, 0.6) is 5.75 Å². The Labute approximate surface area is 134 Å². The van der Waals surface area contributed by atoms with Gasteiger partial charge in [-0.1, -0.05) is 11.6 Å². The highest BCUT2D eigenvalue weighted by Crippen LogP contribution is 2.24. The molecular weight excluding hydrogens is 304 g/mol. The number of hydrogen-bond donors (Lipinski definition) is 0. The van der Waals surface area contributed by atoms with Gasteiger partial charge in [0.1, 0.15) is 5.75 Å². The lowest BCUT2D eigenvalue weighted by Gasteiger charge is -2.36. The molecule has 0 amide bonds. The molecule has 1 aliphatic rings. The van der Waals surface area contributed by atoms with E-state index in [4.69, 9.17) is 16.3 Å². The average Bonchev–Trinajstić information content (AvgIpc) is 2.93. The Balaban J connectivity index is 1.54. The van der Waals surface area contributed by atoms with Crippen LogP contribution in [0.4, 0.5) is 5.69 Å². The first-order valence-electron chi connectivity index (χ1n) is 7.10. The van der Waals surface area contributed by atoms with Gasteiger partial charge in [0.05, 0.1) is 11.4 Å². The van der Waals surface area contributed by atoms with E-state index in [0.29, 0.717) is 0 Å². The molecule has 0 spiro atoms. The molecule has 1 saturated heterocycles. The van der Waals surface area contributed by atoms with Crippen molar-refractivity contribution >= 4 is 28.6 Å². The van der Waals surface area contributed by atoms with Crippen LogP contribution in [-0.4, -0.2) is 38.2 Å². The van der Waals surface area contributed by atoms with Crippen LogP contribution < -0.4 is 9.64 Å². The van der Waals surface area contributed by atoms with Gasteiger partial charge < -0.3 is 9.64 Å². The summed E-state index contributed by atoms with van der Waals surface area (Å²) in [4.78, 5) is 6.26. The van der Waals surface area contributed by atoms with Crippen molar-refractivity contribution in [2.75, 3.05) is 38.2 Å². The van der Waals surface area contributed by atoms with Gasteiger partial charge in [0.2, 0.25) is 0 Å². The molecular formula is C16H19ClN2OS. The first-order valence-corrected chi connectivity index (χ1v) is 8.29. The lowest BCUT2D eigenvalue weighted by atomic mass is 10.2. The van der Waals surface area contributed by atoms with Crippen molar-refractivity contribution < 1.29 is 4.74 Å². The van der Waals surface area contributed by atoms with E-state index in [9.17, 15) is 0 Å². The van der Waals surface area contributed by atoms with E-state index < -0.39 is 0 Å². The minimum atomic E-state index is 0.877. The van der Waals surface area contributed by atoms with E-state index in [1.54, 1.807) is 18.4 Å². The van der Waals surface area contributed by atoms with Crippen LogP contribution in [0, 0.1) is 0 Å². The summed E-state index contributed by atoms with van der Waals surface area (Å²) in [5.74, 6) is 0.909. The maximum Gasteiger partial charge on any atom is 0.119 e. The molecule has 0 radical (unpaired) electrons. The summed E-state index contributed by atoms with van der Waals surface area (Å²) in [6.07, 6.45) is 0.